The zero-order valence-electron chi connectivity index (χ0n) is 11.7. The number of hydrogen-bond donors (Lipinski definition) is 0. The van der Waals surface area contributed by atoms with Crippen LogP contribution >= 0.6 is 0 Å². The fraction of sp³-hybridized carbons (Fsp3) is 0.462. The maximum Gasteiger partial charge on any atom is 0.358 e. The molecular formula is C13H18N4O2. The molecule has 0 N–H and O–H groups in total. The van der Waals surface area contributed by atoms with Crippen molar-refractivity contribution in [1.82, 2.24) is 19.6 Å². The molecule has 2 aromatic heterocycles. The largest absolute Gasteiger partial charge is 0.461 e. The van der Waals surface area contributed by atoms with E-state index in [1.54, 1.807) is 17.7 Å². The zero-order chi connectivity index (χ0) is 14.0. The minimum Gasteiger partial charge on any atom is -0.461 e. The van der Waals surface area contributed by atoms with E-state index in [9.17, 15) is 4.79 Å². The van der Waals surface area contributed by atoms with Crippen molar-refractivity contribution in [1.29, 1.82) is 0 Å². The molecule has 0 radical (unpaired) electrons. The van der Waals surface area contributed by atoms with Crippen LogP contribution in [0.3, 0.4) is 0 Å². The highest BCUT2D eigenvalue weighted by atomic mass is 16.5. The Hall–Kier alpha value is -2.11. The molecule has 0 saturated heterocycles. The first-order chi connectivity index (χ1) is 9.01. The Balaban J connectivity index is 2.22. The predicted molar refractivity (Wildman–Crippen MR) is 70.0 cm³/mol. The standard InChI is InChI=1S/C13H18N4O2/c1-5-19-13(18)12-7-11(4)17(15-12)8-16-10(3)6-9(2)14-16/h6-7H,5,8H2,1-4H3. The summed E-state index contributed by atoms with van der Waals surface area (Å²) < 4.78 is 8.53. The van der Waals surface area contributed by atoms with Gasteiger partial charge in [0.05, 0.1) is 12.3 Å². The van der Waals surface area contributed by atoms with Crippen LogP contribution in [0.15, 0.2) is 12.1 Å². The van der Waals surface area contributed by atoms with E-state index in [2.05, 4.69) is 10.2 Å². The number of carbonyl (C=O) groups is 1. The number of hydrogen-bond acceptors (Lipinski definition) is 4. The van der Waals surface area contributed by atoms with E-state index in [1.807, 2.05) is 31.5 Å². The second-order valence-electron chi connectivity index (χ2n) is 4.46. The molecule has 0 saturated carbocycles. The number of rotatable bonds is 4. The Labute approximate surface area is 112 Å². The van der Waals surface area contributed by atoms with Gasteiger partial charge in [-0.2, -0.15) is 10.2 Å². The zero-order valence-corrected chi connectivity index (χ0v) is 11.7. The molecule has 0 atom stereocenters. The minimum absolute atomic E-state index is 0.334. The number of carbonyl (C=O) groups excluding carboxylic acids is 1. The molecule has 0 bridgehead atoms. The molecule has 0 aliphatic carbocycles. The SMILES string of the molecule is CCOC(=O)c1cc(C)n(Cn2nc(C)cc2C)n1. The van der Waals surface area contributed by atoms with Gasteiger partial charge in [-0.15, -0.1) is 0 Å². The van der Waals surface area contributed by atoms with Crippen LogP contribution in [0.2, 0.25) is 0 Å². The van der Waals surface area contributed by atoms with Crippen LogP contribution < -0.4 is 0 Å². The van der Waals surface area contributed by atoms with Crippen molar-refractivity contribution < 1.29 is 9.53 Å². The van der Waals surface area contributed by atoms with E-state index in [0.717, 1.165) is 17.1 Å². The monoisotopic (exact) mass is 262 g/mol. The highest BCUT2D eigenvalue weighted by molar-refractivity contribution is 5.87. The lowest BCUT2D eigenvalue weighted by Gasteiger charge is -2.06. The molecule has 2 rings (SSSR count). The molecule has 0 spiro atoms. The van der Waals surface area contributed by atoms with Gasteiger partial charge in [-0.05, 0) is 39.8 Å². The Kier molecular flexibility index (Phi) is 3.69. The molecule has 0 aromatic carbocycles. The van der Waals surface area contributed by atoms with E-state index in [4.69, 9.17) is 4.74 Å². The summed E-state index contributed by atoms with van der Waals surface area (Å²) in [6.45, 7) is 8.46. The van der Waals surface area contributed by atoms with Gasteiger partial charge in [-0.25, -0.2) is 14.2 Å². The Bertz CT molecular complexity index is 598. The molecule has 0 fully saturated rings. The summed E-state index contributed by atoms with van der Waals surface area (Å²) in [5.41, 5.74) is 3.26. The lowest BCUT2D eigenvalue weighted by atomic mass is 10.4. The normalized spacial score (nSPS) is 10.7. The predicted octanol–water partition coefficient (Wildman–Crippen LogP) is 1.69. The fourth-order valence-electron chi connectivity index (χ4n) is 1.90. The number of ether oxygens (including phenoxy) is 1. The summed E-state index contributed by atoms with van der Waals surface area (Å²) in [5.74, 6) is -0.391. The van der Waals surface area contributed by atoms with Gasteiger partial charge in [0, 0.05) is 11.4 Å². The average Bonchev–Trinajstić information content (AvgIpc) is 2.84. The lowest BCUT2D eigenvalue weighted by molar-refractivity contribution is 0.0518. The molecule has 6 nitrogen and oxygen atoms in total. The summed E-state index contributed by atoms with van der Waals surface area (Å²) in [5, 5.41) is 8.63. The van der Waals surface area contributed by atoms with Crippen LogP contribution in [0.4, 0.5) is 0 Å². The van der Waals surface area contributed by atoms with Gasteiger partial charge in [-0.1, -0.05) is 0 Å². The van der Waals surface area contributed by atoms with Crippen LogP contribution in [-0.4, -0.2) is 32.1 Å². The number of nitrogens with zero attached hydrogens (tertiary/aromatic N) is 4. The van der Waals surface area contributed by atoms with Gasteiger partial charge in [0.2, 0.25) is 0 Å². The molecule has 6 heteroatoms. The smallest absolute Gasteiger partial charge is 0.358 e. The van der Waals surface area contributed by atoms with Gasteiger partial charge < -0.3 is 4.74 Å². The van der Waals surface area contributed by atoms with Crippen molar-refractivity contribution in [2.45, 2.75) is 34.4 Å². The van der Waals surface area contributed by atoms with Crippen molar-refractivity contribution in [3.8, 4) is 0 Å². The summed E-state index contributed by atoms with van der Waals surface area (Å²) in [4.78, 5) is 11.6. The molecular weight excluding hydrogens is 244 g/mol. The van der Waals surface area contributed by atoms with Crippen LogP contribution in [0.1, 0.15) is 34.5 Å². The van der Waals surface area contributed by atoms with Crippen molar-refractivity contribution in [2.75, 3.05) is 6.61 Å². The summed E-state index contributed by atoms with van der Waals surface area (Å²) in [7, 11) is 0. The second kappa shape index (κ2) is 5.26. The minimum atomic E-state index is -0.391. The van der Waals surface area contributed by atoms with E-state index < -0.39 is 5.97 Å². The fourth-order valence-corrected chi connectivity index (χ4v) is 1.90. The highest BCUT2D eigenvalue weighted by Crippen LogP contribution is 2.07. The quantitative estimate of drug-likeness (QED) is 0.787. The Morgan fingerprint density at radius 3 is 2.37 bits per heavy atom. The van der Waals surface area contributed by atoms with Crippen molar-refractivity contribution >= 4 is 5.97 Å². The number of esters is 1. The molecule has 2 aromatic rings. The molecule has 19 heavy (non-hydrogen) atoms. The molecule has 0 unspecified atom stereocenters. The first kappa shape index (κ1) is 13.3. The van der Waals surface area contributed by atoms with Crippen LogP contribution in [-0.2, 0) is 11.4 Å². The molecule has 102 valence electrons. The number of aryl methyl sites for hydroxylation is 3. The number of aromatic nitrogens is 4. The van der Waals surface area contributed by atoms with Crippen molar-refractivity contribution in [3.05, 3.63) is 34.9 Å². The summed E-state index contributed by atoms with van der Waals surface area (Å²) in [6, 6.07) is 3.73. The second-order valence-corrected chi connectivity index (χ2v) is 4.46. The van der Waals surface area contributed by atoms with E-state index in [-0.39, 0.29) is 0 Å². The van der Waals surface area contributed by atoms with E-state index >= 15 is 0 Å². The van der Waals surface area contributed by atoms with Gasteiger partial charge in [0.15, 0.2) is 5.69 Å². The topological polar surface area (TPSA) is 61.9 Å². The lowest BCUT2D eigenvalue weighted by Crippen LogP contribution is -2.14. The van der Waals surface area contributed by atoms with Crippen molar-refractivity contribution in [3.63, 3.8) is 0 Å². The molecule has 0 amide bonds. The maximum absolute atomic E-state index is 11.6. The Morgan fingerprint density at radius 2 is 1.79 bits per heavy atom. The first-order valence-electron chi connectivity index (χ1n) is 6.24. The third kappa shape index (κ3) is 2.83. The average molecular weight is 262 g/mol. The molecule has 0 aliphatic rings. The van der Waals surface area contributed by atoms with Crippen molar-refractivity contribution in [2.24, 2.45) is 0 Å². The first-order valence-corrected chi connectivity index (χ1v) is 6.24. The third-order valence-electron chi connectivity index (χ3n) is 2.84. The van der Waals surface area contributed by atoms with Crippen LogP contribution in [0.5, 0.6) is 0 Å². The third-order valence-corrected chi connectivity index (χ3v) is 2.84. The van der Waals surface area contributed by atoms with Crippen LogP contribution in [0, 0.1) is 20.8 Å². The van der Waals surface area contributed by atoms with E-state index in [1.165, 1.54) is 0 Å². The molecule has 2 heterocycles. The Morgan fingerprint density at radius 1 is 1.16 bits per heavy atom. The van der Waals surface area contributed by atoms with Gasteiger partial charge in [-0.3, -0.25) is 0 Å². The van der Waals surface area contributed by atoms with Gasteiger partial charge >= 0.3 is 5.97 Å². The summed E-state index contributed by atoms with van der Waals surface area (Å²) in [6.07, 6.45) is 0. The highest BCUT2D eigenvalue weighted by Gasteiger charge is 2.13. The van der Waals surface area contributed by atoms with Gasteiger partial charge in [0.1, 0.15) is 6.67 Å². The van der Waals surface area contributed by atoms with Crippen LogP contribution in [0.25, 0.3) is 0 Å². The molecule has 0 aliphatic heterocycles. The van der Waals surface area contributed by atoms with E-state index in [0.29, 0.717) is 19.0 Å². The van der Waals surface area contributed by atoms with Gasteiger partial charge in [0.25, 0.3) is 0 Å². The summed E-state index contributed by atoms with van der Waals surface area (Å²) >= 11 is 0. The maximum atomic E-state index is 11.6.